The van der Waals surface area contributed by atoms with E-state index in [0.29, 0.717) is 19.9 Å². The minimum atomic E-state index is -0.581. The van der Waals surface area contributed by atoms with Crippen LogP contribution in [0.1, 0.15) is 4.88 Å². The van der Waals surface area contributed by atoms with E-state index in [0.717, 1.165) is 22.7 Å². The molecule has 1 amide bonds. The predicted octanol–water partition coefficient (Wildman–Crippen LogP) is 3.35. The van der Waals surface area contributed by atoms with Crippen molar-refractivity contribution in [2.75, 3.05) is 0 Å². The van der Waals surface area contributed by atoms with Gasteiger partial charge in [-0.1, -0.05) is 28.6 Å². The number of hydrogen-bond acceptors (Lipinski definition) is 7. The highest BCUT2D eigenvalue weighted by Gasteiger charge is 2.12. The van der Waals surface area contributed by atoms with Gasteiger partial charge in [-0.15, -0.1) is 6.42 Å². The second-order valence-electron chi connectivity index (χ2n) is 5.30. The van der Waals surface area contributed by atoms with Crippen LogP contribution in [-0.2, 0) is 11.3 Å². The number of aromatic nitrogens is 1. The number of nitro benzene ring substituents is 1. The highest BCUT2D eigenvalue weighted by atomic mass is 32.1. The molecule has 140 valence electrons. The molecule has 3 aromatic rings. The molecule has 0 fully saturated rings. The summed E-state index contributed by atoms with van der Waals surface area (Å²) < 4.78 is 2.19. The molecule has 0 aliphatic rings. The molecule has 3 rings (SSSR count). The standard InChI is InChI=1S/C17H10N4O5S2/c1-2-9-19-13-6-3-11(20(23)24)10-14(13)28-17(19)18-15(22)7-4-12-5-8-16(27-12)21(25)26/h1,3-8,10H,9H2/b7-4-,18-17?. The number of terminal acetylenes is 1. The Morgan fingerprint density at radius 1 is 1.21 bits per heavy atom. The fourth-order valence-corrected chi connectivity index (χ4v) is 4.11. The maximum Gasteiger partial charge on any atom is 0.324 e. The fourth-order valence-electron chi connectivity index (χ4n) is 2.32. The number of thiophene rings is 1. The van der Waals surface area contributed by atoms with Gasteiger partial charge in [0.1, 0.15) is 0 Å². The number of carbonyl (C=O) groups is 1. The number of fused-ring (bicyclic) bond motifs is 1. The highest BCUT2D eigenvalue weighted by Crippen LogP contribution is 2.25. The number of hydrogen-bond donors (Lipinski definition) is 0. The number of non-ortho nitro benzene ring substituents is 1. The second kappa shape index (κ2) is 7.95. The van der Waals surface area contributed by atoms with Crippen LogP contribution in [0.3, 0.4) is 0 Å². The minimum absolute atomic E-state index is 0.0259. The molecule has 2 heterocycles. The number of benzene rings is 1. The molecule has 0 N–H and O–H groups in total. The molecule has 11 heteroatoms. The summed E-state index contributed by atoms with van der Waals surface area (Å²) in [6.45, 7) is 0.144. The van der Waals surface area contributed by atoms with E-state index in [4.69, 9.17) is 6.42 Å². The summed E-state index contributed by atoms with van der Waals surface area (Å²) in [6.07, 6.45) is 8.02. The number of nitro groups is 2. The van der Waals surface area contributed by atoms with Crippen LogP contribution in [0, 0.1) is 32.6 Å². The summed E-state index contributed by atoms with van der Waals surface area (Å²) in [5.74, 6) is 1.89. The fraction of sp³-hybridized carbons (Fsp3) is 0.0588. The Morgan fingerprint density at radius 3 is 2.64 bits per heavy atom. The lowest BCUT2D eigenvalue weighted by Crippen LogP contribution is -2.15. The van der Waals surface area contributed by atoms with Crippen molar-refractivity contribution < 1.29 is 14.6 Å². The SMILES string of the molecule is C#CCn1c(=NC(=O)/C=C\c2ccc([N+](=O)[O-])s2)sc2cc([N+](=O)[O-])ccc21. The molecule has 9 nitrogen and oxygen atoms in total. The Morgan fingerprint density at radius 2 is 2.00 bits per heavy atom. The second-order valence-corrected chi connectivity index (χ2v) is 7.40. The van der Waals surface area contributed by atoms with Gasteiger partial charge in [0.15, 0.2) is 4.80 Å². The molecule has 1 aromatic carbocycles. The molecule has 0 unspecified atom stereocenters. The molecule has 2 aromatic heterocycles. The van der Waals surface area contributed by atoms with E-state index in [9.17, 15) is 25.0 Å². The van der Waals surface area contributed by atoms with Gasteiger partial charge in [0.05, 0.1) is 26.6 Å². The lowest BCUT2D eigenvalue weighted by atomic mass is 10.3. The van der Waals surface area contributed by atoms with Gasteiger partial charge in [-0.05, 0) is 18.2 Å². The third kappa shape index (κ3) is 4.03. The Labute approximate surface area is 165 Å². The maximum absolute atomic E-state index is 12.2. The van der Waals surface area contributed by atoms with Crippen LogP contribution in [0.15, 0.2) is 41.4 Å². The van der Waals surface area contributed by atoms with Crippen LogP contribution < -0.4 is 4.80 Å². The van der Waals surface area contributed by atoms with Crippen LogP contribution >= 0.6 is 22.7 Å². The van der Waals surface area contributed by atoms with Crippen molar-refractivity contribution in [1.82, 2.24) is 4.57 Å². The molecule has 0 spiro atoms. The largest absolute Gasteiger partial charge is 0.324 e. The Kier molecular flexibility index (Phi) is 5.44. The van der Waals surface area contributed by atoms with E-state index in [-0.39, 0.29) is 17.2 Å². The van der Waals surface area contributed by atoms with Crippen LogP contribution in [0.25, 0.3) is 16.3 Å². The molecule has 0 bridgehead atoms. The van der Waals surface area contributed by atoms with Gasteiger partial charge in [-0.3, -0.25) is 25.0 Å². The van der Waals surface area contributed by atoms with Gasteiger partial charge >= 0.3 is 5.00 Å². The quantitative estimate of drug-likeness (QED) is 0.274. The van der Waals surface area contributed by atoms with Crippen LogP contribution in [0.5, 0.6) is 0 Å². The molecular weight excluding hydrogens is 404 g/mol. The Balaban J connectivity index is 1.97. The lowest BCUT2D eigenvalue weighted by molar-refractivity contribution is -0.384. The summed E-state index contributed by atoms with van der Waals surface area (Å²) in [4.78, 5) is 37.7. The molecule has 0 saturated carbocycles. The van der Waals surface area contributed by atoms with Crippen molar-refractivity contribution in [3.63, 3.8) is 0 Å². The van der Waals surface area contributed by atoms with E-state index >= 15 is 0 Å². The van der Waals surface area contributed by atoms with E-state index in [2.05, 4.69) is 10.9 Å². The first-order valence-electron chi connectivity index (χ1n) is 7.61. The third-order valence-electron chi connectivity index (χ3n) is 3.52. The van der Waals surface area contributed by atoms with Crippen molar-refractivity contribution in [2.24, 2.45) is 4.99 Å². The number of amides is 1. The van der Waals surface area contributed by atoms with Crippen molar-refractivity contribution in [1.29, 1.82) is 0 Å². The summed E-state index contributed by atoms with van der Waals surface area (Å²) >= 11 is 2.04. The number of thiazole rings is 1. The molecule has 0 aliphatic carbocycles. The van der Waals surface area contributed by atoms with Gasteiger partial charge in [-0.25, -0.2) is 0 Å². The first-order chi connectivity index (χ1) is 13.4. The molecule has 0 saturated heterocycles. The zero-order chi connectivity index (χ0) is 20.3. The first kappa shape index (κ1) is 19.2. The molecular formula is C17H10N4O5S2. The lowest BCUT2D eigenvalue weighted by Gasteiger charge is -1.98. The van der Waals surface area contributed by atoms with Gasteiger partial charge in [0, 0.05) is 29.2 Å². The number of nitrogens with zero attached hydrogens (tertiary/aromatic N) is 4. The van der Waals surface area contributed by atoms with Crippen LogP contribution in [-0.4, -0.2) is 20.3 Å². The summed E-state index contributed by atoms with van der Waals surface area (Å²) in [5, 5.41) is 21.6. The minimum Gasteiger partial charge on any atom is -0.305 e. The van der Waals surface area contributed by atoms with Gasteiger partial charge < -0.3 is 4.57 Å². The van der Waals surface area contributed by atoms with E-state index in [1.165, 1.54) is 36.4 Å². The molecule has 0 atom stereocenters. The normalized spacial score (nSPS) is 11.8. The Hall–Kier alpha value is -3.62. The van der Waals surface area contributed by atoms with Crippen molar-refractivity contribution in [3.05, 3.63) is 66.3 Å². The molecule has 0 radical (unpaired) electrons. The van der Waals surface area contributed by atoms with Crippen LogP contribution in [0.4, 0.5) is 10.7 Å². The predicted molar refractivity (Wildman–Crippen MR) is 106 cm³/mol. The van der Waals surface area contributed by atoms with Gasteiger partial charge in [0.2, 0.25) is 0 Å². The monoisotopic (exact) mass is 414 g/mol. The summed E-state index contributed by atoms with van der Waals surface area (Å²) in [7, 11) is 0. The highest BCUT2D eigenvalue weighted by molar-refractivity contribution is 7.16. The molecule has 0 aliphatic heterocycles. The Bertz CT molecular complexity index is 1240. The van der Waals surface area contributed by atoms with Crippen LogP contribution in [0.2, 0.25) is 0 Å². The van der Waals surface area contributed by atoms with Crippen molar-refractivity contribution >= 4 is 55.6 Å². The smallest absolute Gasteiger partial charge is 0.305 e. The van der Waals surface area contributed by atoms with E-state index < -0.39 is 15.8 Å². The van der Waals surface area contributed by atoms with Gasteiger partial charge in [0.25, 0.3) is 11.6 Å². The summed E-state index contributed by atoms with van der Waals surface area (Å²) in [6, 6.07) is 7.20. The van der Waals surface area contributed by atoms with E-state index in [1.54, 1.807) is 10.6 Å². The maximum atomic E-state index is 12.2. The first-order valence-corrected chi connectivity index (χ1v) is 9.24. The van der Waals surface area contributed by atoms with Gasteiger partial charge in [-0.2, -0.15) is 4.99 Å². The number of rotatable bonds is 5. The van der Waals surface area contributed by atoms with E-state index in [1.807, 2.05) is 0 Å². The van der Waals surface area contributed by atoms with Crippen molar-refractivity contribution in [2.45, 2.75) is 6.54 Å². The summed E-state index contributed by atoms with van der Waals surface area (Å²) in [5.41, 5.74) is 0.566. The third-order valence-corrected chi connectivity index (χ3v) is 5.56. The zero-order valence-corrected chi connectivity index (χ0v) is 15.6. The van der Waals surface area contributed by atoms with Crippen molar-refractivity contribution in [3.8, 4) is 12.3 Å². The molecule has 28 heavy (non-hydrogen) atoms. The zero-order valence-electron chi connectivity index (χ0n) is 14.0. The topological polar surface area (TPSA) is 121 Å². The average molecular weight is 414 g/mol. The number of carbonyl (C=O) groups excluding carboxylic acids is 1. The average Bonchev–Trinajstić information content (AvgIpc) is 3.25.